The second kappa shape index (κ2) is 10.8. The summed E-state index contributed by atoms with van der Waals surface area (Å²) in [5.41, 5.74) is 2.88. The Morgan fingerprint density at radius 2 is 1.71 bits per heavy atom. The number of nitrogens with zero attached hydrogens (tertiary/aromatic N) is 2. The van der Waals surface area contributed by atoms with Gasteiger partial charge in [-0.1, -0.05) is 24.3 Å². The van der Waals surface area contributed by atoms with Crippen LogP contribution in [0.15, 0.2) is 42.5 Å². The van der Waals surface area contributed by atoms with Gasteiger partial charge in [-0.05, 0) is 18.2 Å². The van der Waals surface area contributed by atoms with E-state index in [1.54, 1.807) is 19.1 Å². The van der Waals surface area contributed by atoms with Gasteiger partial charge in [0.25, 0.3) is 5.91 Å². The number of rotatable bonds is 8. The number of amides is 1. The third-order valence-electron chi connectivity index (χ3n) is 5.92. The third kappa shape index (κ3) is 5.97. The lowest BCUT2D eigenvalue weighted by Gasteiger charge is -2.30. The van der Waals surface area contributed by atoms with Crippen molar-refractivity contribution in [3.63, 3.8) is 0 Å². The Labute approximate surface area is 184 Å². The summed E-state index contributed by atoms with van der Waals surface area (Å²) >= 11 is 0. The maximum atomic E-state index is 12.8. The first kappa shape index (κ1) is 22.6. The zero-order valence-corrected chi connectivity index (χ0v) is 18.6. The van der Waals surface area contributed by atoms with Crippen molar-refractivity contribution in [1.29, 1.82) is 5.26 Å². The summed E-state index contributed by atoms with van der Waals surface area (Å²) in [7, 11) is 5.07. The number of hydrogen-bond donors (Lipinski definition) is 2. The van der Waals surface area contributed by atoms with E-state index in [-0.39, 0.29) is 5.91 Å². The summed E-state index contributed by atoms with van der Waals surface area (Å²) < 4.78 is 10.8. The minimum atomic E-state index is 0.135. The van der Waals surface area contributed by atoms with Gasteiger partial charge in [0.15, 0.2) is 18.0 Å². The number of para-hydroxylation sites is 1. The van der Waals surface area contributed by atoms with Crippen molar-refractivity contribution >= 4 is 5.91 Å². The number of quaternary nitrogens is 2. The molecule has 7 heteroatoms. The predicted molar refractivity (Wildman–Crippen MR) is 117 cm³/mol. The van der Waals surface area contributed by atoms with Gasteiger partial charge >= 0.3 is 0 Å². The number of likely N-dealkylation sites (N-methyl/N-ethyl adjacent to an activating group) is 1. The fourth-order valence-corrected chi connectivity index (χ4v) is 4.07. The SMILES string of the molecule is COc1cccc(CN(C)C(=O)C[NH+]2CC[NH+](Cc3ccc(C#N)cc3)CC2)c1OC. The number of methoxy groups -OCH3 is 2. The third-order valence-corrected chi connectivity index (χ3v) is 5.92. The number of benzene rings is 2. The van der Waals surface area contributed by atoms with Gasteiger partial charge in [0.2, 0.25) is 0 Å². The summed E-state index contributed by atoms with van der Waals surface area (Å²) in [6.45, 7) is 5.99. The van der Waals surface area contributed by atoms with Crippen molar-refractivity contribution in [2.24, 2.45) is 0 Å². The Morgan fingerprint density at radius 1 is 1.03 bits per heavy atom. The molecule has 0 radical (unpaired) electrons. The first-order valence-electron chi connectivity index (χ1n) is 10.6. The van der Waals surface area contributed by atoms with E-state index < -0.39 is 0 Å². The standard InChI is InChI=1S/C24H30N4O3/c1-26(17-21-5-4-6-22(30-2)24(21)31-3)23(29)18-28-13-11-27(12-14-28)16-20-9-7-19(15-25)8-10-20/h4-10H,11-14,16-18H2,1-3H3/p+2. The highest BCUT2D eigenvalue weighted by atomic mass is 16.5. The molecular formula is C24H32N4O3+2. The smallest absolute Gasteiger partial charge is 0.277 e. The minimum Gasteiger partial charge on any atom is -0.493 e. The van der Waals surface area contributed by atoms with Crippen molar-refractivity contribution in [3.8, 4) is 17.6 Å². The van der Waals surface area contributed by atoms with Gasteiger partial charge < -0.3 is 24.2 Å². The monoisotopic (exact) mass is 424 g/mol. The van der Waals surface area contributed by atoms with Crippen molar-refractivity contribution < 1.29 is 24.1 Å². The lowest BCUT2D eigenvalue weighted by atomic mass is 10.1. The molecule has 2 aromatic carbocycles. The van der Waals surface area contributed by atoms with Gasteiger partial charge in [0, 0.05) is 24.7 Å². The zero-order chi connectivity index (χ0) is 22.2. The number of nitriles is 1. The topological polar surface area (TPSA) is 71.4 Å². The molecule has 0 aliphatic carbocycles. The first-order valence-corrected chi connectivity index (χ1v) is 10.6. The molecule has 7 nitrogen and oxygen atoms in total. The fourth-order valence-electron chi connectivity index (χ4n) is 4.07. The highest BCUT2D eigenvalue weighted by molar-refractivity contribution is 5.77. The Morgan fingerprint density at radius 3 is 2.32 bits per heavy atom. The molecule has 1 aliphatic heterocycles. The van der Waals surface area contributed by atoms with E-state index in [2.05, 4.69) is 6.07 Å². The largest absolute Gasteiger partial charge is 0.493 e. The highest BCUT2D eigenvalue weighted by Gasteiger charge is 2.26. The molecule has 0 aromatic heterocycles. The van der Waals surface area contributed by atoms with Crippen molar-refractivity contribution in [2.75, 3.05) is 54.0 Å². The molecule has 31 heavy (non-hydrogen) atoms. The summed E-state index contributed by atoms with van der Waals surface area (Å²) in [5, 5.41) is 8.92. The molecule has 1 amide bonds. The summed E-state index contributed by atoms with van der Waals surface area (Å²) in [4.78, 5) is 17.4. The van der Waals surface area contributed by atoms with E-state index >= 15 is 0 Å². The average molecular weight is 425 g/mol. The van der Waals surface area contributed by atoms with Crippen molar-refractivity contribution in [2.45, 2.75) is 13.1 Å². The molecule has 0 unspecified atom stereocenters. The molecule has 1 saturated heterocycles. The maximum Gasteiger partial charge on any atom is 0.277 e. The van der Waals surface area contributed by atoms with Gasteiger partial charge in [0.05, 0.1) is 25.9 Å². The second-order valence-electron chi connectivity index (χ2n) is 8.06. The fraction of sp³-hybridized carbons (Fsp3) is 0.417. The molecule has 0 saturated carbocycles. The average Bonchev–Trinajstić information content (AvgIpc) is 2.80. The van der Waals surface area contributed by atoms with Crippen LogP contribution in [0, 0.1) is 11.3 Å². The molecule has 164 valence electrons. The number of ether oxygens (including phenoxy) is 2. The summed E-state index contributed by atoms with van der Waals surface area (Å²) in [6, 6.07) is 15.7. The van der Waals surface area contributed by atoms with Crippen LogP contribution in [0.25, 0.3) is 0 Å². The first-order chi connectivity index (χ1) is 15.0. The number of hydrogen-bond acceptors (Lipinski definition) is 4. The molecule has 1 heterocycles. The van der Waals surface area contributed by atoms with Crippen LogP contribution in [0.4, 0.5) is 0 Å². The predicted octanol–water partition coefficient (Wildman–Crippen LogP) is -0.483. The number of nitrogens with one attached hydrogen (secondary N) is 2. The molecule has 2 aromatic rings. The van der Waals surface area contributed by atoms with Crippen LogP contribution in [0.5, 0.6) is 11.5 Å². The van der Waals surface area contributed by atoms with Gasteiger partial charge in [-0.15, -0.1) is 0 Å². The van der Waals surface area contributed by atoms with Crippen LogP contribution >= 0.6 is 0 Å². The molecule has 0 bridgehead atoms. The van der Waals surface area contributed by atoms with Crippen LogP contribution in [-0.2, 0) is 17.9 Å². The lowest BCUT2D eigenvalue weighted by Crippen LogP contribution is -3.28. The quantitative estimate of drug-likeness (QED) is 0.601. The molecule has 1 fully saturated rings. The van der Waals surface area contributed by atoms with Gasteiger partial charge in [-0.3, -0.25) is 4.79 Å². The van der Waals surface area contributed by atoms with Crippen molar-refractivity contribution in [3.05, 3.63) is 59.2 Å². The number of piperazine rings is 1. The lowest BCUT2D eigenvalue weighted by molar-refractivity contribution is -1.02. The number of carbonyl (C=O) groups excluding carboxylic acids is 1. The highest BCUT2D eigenvalue weighted by Crippen LogP contribution is 2.31. The number of carbonyl (C=O) groups is 1. The Bertz CT molecular complexity index is 915. The summed E-state index contributed by atoms with van der Waals surface area (Å²) in [5.74, 6) is 1.49. The van der Waals surface area contributed by atoms with Gasteiger partial charge in [0.1, 0.15) is 32.7 Å². The van der Waals surface area contributed by atoms with E-state index in [1.165, 1.54) is 15.4 Å². The Hall–Kier alpha value is -3.08. The zero-order valence-electron chi connectivity index (χ0n) is 18.6. The minimum absolute atomic E-state index is 0.135. The van der Waals surface area contributed by atoms with E-state index in [4.69, 9.17) is 14.7 Å². The van der Waals surface area contributed by atoms with Crippen molar-refractivity contribution in [1.82, 2.24) is 4.90 Å². The summed E-state index contributed by atoms with van der Waals surface area (Å²) in [6.07, 6.45) is 0. The molecule has 0 atom stereocenters. The normalized spacial score (nSPS) is 18.1. The molecule has 1 aliphatic rings. The Balaban J connectivity index is 1.47. The molecule has 0 spiro atoms. The van der Waals surface area contributed by atoms with E-state index in [0.717, 1.165) is 38.3 Å². The van der Waals surface area contributed by atoms with Crippen LogP contribution < -0.4 is 19.3 Å². The molecule has 3 rings (SSSR count). The van der Waals surface area contributed by atoms with E-state index in [0.29, 0.717) is 30.2 Å². The molecular weight excluding hydrogens is 392 g/mol. The Kier molecular flexibility index (Phi) is 7.88. The van der Waals surface area contributed by atoms with Crippen LogP contribution in [0.3, 0.4) is 0 Å². The van der Waals surface area contributed by atoms with Crippen LogP contribution in [0.2, 0.25) is 0 Å². The maximum absolute atomic E-state index is 12.8. The van der Waals surface area contributed by atoms with Gasteiger partial charge in [-0.2, -0.15) is 5.26 Å². The van der Waals surface area contributed by atoms with Crippen LogP contribution in [0.1, 0.15) is 16.7 Å². The van der Waals surface area contributed by atoms with Gasteiger partial charge in [-0.25, -0.2) is 0 Å². The second-order valence-corrected chi connectivity index (χ2v) is 8.06. The van der Waals surface area contributed by atoms with E-state index in [9.17, 15) is 4.79 Å². The van der Waals surface area contributed by atoms with E-state index in [1.807, 2.05) is 49.5 Å². The van der Waals surface area contributed by atoms with Crippen LogP contribution in [-0.4, -0.2) is 64.8 Å². The molecule has 2 N–H and O–H groups in total.